The number of primary amides is 1. The molecule has 0 saturated heterocycles. The molecule has 24 heavy (non-hydrogen) atoms. The topological polar surface area (TPSA) is 89.5 Å². The molecule has 6 nitrogen and oxygen atoms in total. The molecule has 1 fully saturated rings. The summed E-state index contributed by atoms with van der Waals surface area (Å²) in [6.45, 7) is 4.81. The van der Waals surface area contributed by atoms with Crippen LogP contribution >= 0.6 is 15.9 Å². The van der Waals surface area contributed by atoms with Gasteiger partial charge < -0.3 is 10.6 Å². The lowest BCUT2D eigenvalue weighted by atomic mass is 9.92. The monoisotopic (exact) mass is 397 g/mol. The van der Waals surface area contributed by atoms with Crippen LogP contribution in [0.5, 0.6) is 0 Å². The van der Waals surface area contributed by atoms with Gasteiger partial charge in [-0.05, 0) is 24.8 Å². The first-order valence-electron chi connectivity index (χ1n) is 8.35. The molecule has 1 amide bonds. The van der Waals surface area contributed by atoms with E-state index in [-0.39, 0.29) is 17.3 Å². The minimum Gasteiger partial charge on any atom is -0.366 e. The second kappa shape index (κ2) is 7.96. The van der Waals surface area contributed by atoms with Gasteiger partial charge in [0.1, 0.15) is 5.69 Å². The Morgan fingerprint density at radius 3 is 2.50 bits per heavy atom. The SMILES string of the molecule is CC(C)CN(c1c(C(N)=O)cc(Br)cc1[N+](=O)[O-])C1CCCCC1. The number of nitrogens with zero attached hydrogens (tertiary/aromatic N) is 2. The first kappa shape index (κ1) is 18.7. The maximum Gasteiger partial charge on any atom is 0.294 e. The molecule has 1 aliphatic carbocycles. The number of carbonyl (C=O) groups is 1. The summed E-state index contributed by atoms with van der Waals surface area (Å²) in [4.78, 5) is 25.2. The molecule has 1 saturated carbocycles. The normalized spacial score (nSPS) is 15.5. The number of amides is 1. The molecule has 0 bridgehead atoms. The average molecular weight is 398 g/mol. The van der Waals surface area contributed by atoms with E-state index >= 15 is 0 Å². The Labute approximate surface area is 150 Å². The molecule has 132 valence electrons. The highest BCUT2D eigenvalue weighted by Gasteiger charge is 2.32. The molecular formula is C17H24BrN3O3. The molecule has 0 atom stereocenters. The van der Waals surface area contributed by atoms with E-state index in [1.54, 1.807) is 6.07 Å². The van der Waals surface area contributed by atoms with Gasteiger partial charge in [0.2, 0.25) is 0 Å². The zero-order chi connectivity index (χ0) is 17.9. The Morgan fingerprint density at radius 1 is 1.38 bits per heavy atom. The van der Waals surface area contributed by atoms with Gasteiger partial charge in [-0.25, -0.2) is 0 Å². The van der Waals surface area contributed by atoms with Crippen molar-refractivity contribution >= 4 is 33.2 Å². The van der Waals surface area contributed by atoms with Crippen LogP contribution in [0.25, 0.3) is 0 Å². The van der Waals surface area contributed by atoms with Crippen LogP contribution in [0.1, 0.15) is 56.3 Å². The number of anilines is 1. The molecule has 1 aromatic carbocycles. The Balaban J connectivity index is 2.61. The number of benzene rings is 1. The second-order valence-corrected chi connectivity index (χ2v) is 7.70. The number of nitro benzene ring substituents is 1. The van der Waals surface area contributed by atoms with Gasteiger partial charge in [-0.15, -0.1) is 0 Å². The van der Waals surface area contributed by atoms with Crippen LogP contribution in [0.15, 0.2) is 16.6 Å². The molecule has 0 aliphatic heterocycles. The molecule has 1 aliphatic rings. The van der Waals surface area contributed by atoms with E-state index in [4.69, 9.17) is 5.73 Å². The lowest BCUT2D eigenvalue weighted by Gasteiger charge is -2.37. The number of carbonyl (C=O) groups excluding carboxylic acids is 1. The van der Waals surface area contributed by atoms with Crippen molar-refractivity contribution in [2.45, 2.75) is 52.0 Å². The lowest BCUT2D eigenvalue weighted by molar-refractivity contribution is -0.384. The summed E-state index contributed by atoms with van der Waals surface area (Å²) in [5, 5.41) is 11.6. The fourth-order valence-electron chi connectivity index (χ4n) is 3.42. The van der Waals surface area contributed by atoms with E-state index in [9.17, 15) is 14.9 Å². The van der Waals surface area contributed by atoms with Gasteiger partial charge in [0.25, 0.3) is 11.6 Å². The summed E-state index contributed by atoms with van der Waals surface area (Å²) >= 11 is 3.25. The highest BCUT2D eigenvalue weighted by molar-refractivity contribution is 9.10. The van der Waals surface area contributed by atoms with Crippen molar-refractivity contribution in [1.29, 1.82) is 0 Å². The third-order valence-electron chi connectivity index (χ3n) is 4.38. The number of halogens is 1. The fourth-order valence-corrected chi connectivity index (χ4v) is 3.87. The van der Waals surface area contributed by atoms with E-state index in [1.807, 2.05) is 0 Å². The number of hydrogen-bond acceptors (Lipinski definition) is 4. The predicted octanol–water partition coefficient (Wildman–Crippen LogP) is 4.25. The van der Waals surface area contributed by atoms with Gasteiger partial charge in [0.05, 0.1) is 10.5 Å². The summed E-state index contributed by atoms with van der Waals surface area (Å²) in [5.74, 6) is -0.324. The largest absolute Gasteiger partial charge is 0.366 e. The first-order valence-corrected chi connectivity index (χ1v) is 9.15. The van der Waals surface area contributed by atoms with Crippen molar-refractivity contribution in [2.75, 3.05) is 11.4 Å². The van der Waals surface area contributed by atoms with Crippen molar-refractivity contribution < 1.29 is 9.72 Å². The summed E-state index contributed by atoms with van der Waals surface area (Å²) < 4.78 is 0.486. The van der Waals surface area contributed by atoms with Crippen molar-refractivity contribution in [2.24, 2.45) is 11.7 Å². The molecular weight excluding hydrogens is 374 g/mol. The molecule has 2 N–H and O–H groups in total. The minimum absolute atomic E-state index is 0.0654. The smallest absolute Gasteiger partial charge is 0.294 e. The molecule has 1 aromatic rings. The maximum atomic E-state index is 12.0. The highest BCUT2D eigenvalue weighted by atomic mass is 79.9. The van der Waals surface area contributed by atoms with E-state index in [0.717, 1.165) is 25.7 Å². The van der Waals surface area contributed by atoms with Crippen molar-refractivity contribution in [3.63, 3.8) is 0 Å². The highest BCUT2D eigenvalue weighted by Crippen LogP contribution is 2.39. The molecule has 0 spiro atoms. The number of nitro groups is 1. The minimum atomic E-state index is -0.640. The van der Waals surface area contributed by atoms with Crippen LogP contribution in [0, 0.1) is 16.0 Å². The van der Waals surface area contributed by atoms with Crippen LogP contribution in [0.3, 0.4) is 0 Å². The molecule has 0 heterocycles. The van der Waals surface area contributed by atoms with Crippen molar-refractivity contribution in [3.05, 3.63) is 32.3 Å². The molecule has 0 radical (unpaired) electrons. The summed E-state index contributed by atoms with van der Waals surface area (Å²) in [7, 11) is 0. The van der Waals surface area contributed by atoms with E-state index in [1.165, 1.54) is 12.5 Å². The number of nitrogens with two attached hydrogens (primary N) is 1. The Morgan fingerprint density at radius 2 is 2.00 bits per heavy atom. The van der Waals surface area contributed by atoms with Crippen LogP contribution in [0.4, 0.5) is 11.4 Å². The summed E-state index contributed by atoms with van der Waals surface area (Å²) in [6, 6.07) is 3.25. The first-order chi connectivity index (χ1) is 11.3. The van der Waals surface area contributed by atoms with E-state index in [2.05, 4.69) is 34.7 Å². The molecule has 7 heteroatoms. The van der Waals surface area contributed by atoms with Gasteiger partial charge >= 0.3 is 0 Å². The van der Waals surface area contributed by atoms with Crippen molar-refractivity contribution in [3.8, 4) is 0 Å². The maximum absolute atomic E-state index is 12.0. The zero-order valence-electron chi connectivity index (χ0n) is 14.1. The van der Waals surface area contributed by atoms with E-state index in [0.29, 0.717) is 22.6 Å². The van der Waals surface area contributed by atoms with Crippen LogP contribution < -0.4 is 10.6 Å². The van der Waals surface area contributed by atoms with Gasteiger partial charge in [-0.1, -0.05) is 49.0 Å². The van der Waals surface area contributed by atoms with Crippen LogP contribution in [-0.4, -0.2) is 23.4 Å². The predicted molar refractivity (Wildman–Crippen MR) is 98.4 cm³/mol. The quantitative estimate of drug-likeness (QED) is 0.573. The second-order valence-electron chi connectivity index (χ2n) is 6.78. The third-order valence-corrected chi connectivity index (χ3v) is 4.84. The number of rotatable bonds is 6. The zero-order valence-corrected chi connectivity index (χ0v) is 15.7. The molecule has 2 rings (SSSR count). The third kappa shape index (κ3) is 4.26. The Kier molecular flexibility index (Phi) is 6.21. The molecule has 0 unspecified atom stereocenters. The summed E-state index contributed by atoms with van der Waals surface area (Å²) in [6.07, 6.45) is 5.37. The Bertz CT molecular complexity index is 593. The summed E-state index contributed by atoms with van der Waals surface area (Å²) in [5.41, 5.74) is 6.06. The lowest BCUT2D eigenvalue weighted by Crippen LogP contribution is -2.41. The standard InChI is InChI=1S/C17H24BrN3O3/c1-11(2)10-20(13-6-4-3-5-7-13)16-14(17(19)22)8-12(18)9-15(16)21(23)24/h8-9,11,13H,3-7,10H2,1-2H3,(H2,19,22). The van der Waals surface area contributed by atoms with Crippen molar-refractivity contribution in [1.82, 2.24) is 0 Å². The van der Waals surface area contributed by atoms with Crippen LogP contribution in [-0.2, 0) is 0 Å². The van der Waals surface area contributed by atoms with Gasteiger partial charge in [0, 0.05) is 23.1 Å². The van der Waals surface area contributed by atoms with Crippen LogP contribution in [0.2, 0.25) is 0 Å². The molecule has 0 aromatic heterocycles. The van der Waals surface area contributed by atoms with Gasteiger partial charge in [-0.2, -0.15) is 0 Å². The van der Waals surface area contributed by atoms with Gasteiger partial charge in [-0.3, -0.25) is 14.9 Å². The average Bonchev–Trinajstić information content (AvgIpc) is 2.52. The van der Waals surface area contributed by atoms with Gasteiger partial charge in [0.15, 0.2) is 0 Å². The fraction of sp³-hybridized carbons (Fsp3) is 0.588. The van der Waals surface area contributed by atoms with E-state index < -0.39 is 10.8 Å². The number of hydrogen-bond donors (Lipinski definition) is 1. The Hall–Kier alpha value is -1.63.